The molecule has 0 aliphatic carbocycles. The molecule has 0 aliphatic rings. The average Bonchev–Trinajstić information content (AvgIpc) is 2.52. The molecule has 0 saturated heterocycles. The van der Waals surface area contributed by atoms with E-state index in [4.69, 9.17) is 11.6 Å². The number of amides is 1. The van der Waals surface area contributed by atoms with E-state index in [1.54, 1.807) is 6.07 Å². The fraction of sp³-hybridized carbons (Fsp3) is 0.278. The van der Waals surface area contributed by atoms with E-state index in [0.29, 0.717) is 18.0 Å². The molecule has 2 aromatic rings. The zero-order valence-electron chi connectivity index (χ0n) is 12.9. The van der Waals surface area contributed by atoms with Crippen LogP contribution in [-0.2, 0) is 17.6 Å². The Kier molecular flexibility index (Phi) is 5.88. The molecule has 3 N–H and O–H groups in total. The first kappa shape index (κ1) is 17.2. The topological polar surface area (TPSA) is 69.6 Å². The molecule has 1 atom stereocenters. The van der Waals surface area contributed by atoms with Crippen LogP contribution in [0.15, 0.2) is 42.5 Å². The zero-order valence-corrected chi connectivity index (χ0v) is 13.7. The fourth-order valence-corrected chi connectivity index (χ4v) is 2.42. The molecule has 0 aromatic heterocycles. The number of nitrogens with one attached hydrogen (secondary N) is 1. The summed E-state index contributed by atoms with van der Waals surface area (Å²) in [5.41, 5.74) is 1.92. The number of benzene rings is 2. The van der Waals surface area contributed by atoms with E-state index in [-0.39, 0.29) is 23.3 Å². The fourth-order valence-electron chi connectivity index (χ4n) is 2.30. The molecule has 0 heterocycles. The number of halogens is 1. The van der Waals surface area contributed by atoms with Crippen molar-refractivity contribution in [2.45, 2.75) is 19.8 Å². The molecule has 0 radical (unpaired) electrons. The SMILES string of the molecule is CC(Cc1ccc(O)c(O)c1)C(=O)NCCc1ccc(Cl)cc1. The molecule has 23 heavy (non-hydrogen) atoms. The van der Waals surface area contributed by atoms with Gasteiger partial charge in [-0.05, 0) is 48.2 Å². The summed E-state index contributed by atoms with van der Waals surface area (Å²) in [7, 11) is 0. The van der Waals surface area contributed by atoms with Crippen LogP contribution in [0.5, 0.6) is 11.5 Å². The molecule has 0 aliphatic heterocycles. The van der Waals surface area contributed by atoms with E-state index in [2.05, 4.69) is 5.32 Å². The standard InChI is InChI=1S/C18H20ClNO3/c1-12(10-14-4-7-16(21)17(22)11-14)18(23)20-9-8-13-2-5-15(19)6-3-13/h2-7,11-12,21-22H,8-10H2,1H3,(H,20,23). The minimum atomic E-state index is -0.218. The summed E-state index contributed by atoms with van der Waals surface area (Å²) in [6.45, 7) is 2.40. The maximum atomic E-state index is 12.1. The lowest BCUT2D eigenvalue weighted by molar-refractivity contribution is -0.124. The molecular weight excluding hydrogens is 314 g/mol. The van der Waals surface area contributed by atoms with E-state index in [9.17, 15) is 15.0 Å². The summed E-state index contributed by atoms with van der Waals surface area (Å²) in [4.78, 5) is 12.1. The Balaban J connectivity index is 1.80. The summed E-state index contributed by atoms with van der Waals surface area (Å²) < 4.78 is 0. The average molecular weight is 334 g/mol. The molecular formula is C18H20ClNO3. The maximum Gasteiger partial charge on any atom is 0.223 e. The van der Waals surface area contributed by atoms with E-state index < -0.39 is 0 Å². The van der Waals surface area contributed by atoms with Crippen LogP contribution in [0.25, 0.3) is 0 Å². The summed E-state index contributed by atoms with van der Waals surface area (Å²) in [6, 6.07) is 12.2. The number of hydrogen-bond acceptors (Lipinski definition) is 3. The highest BCUT2D eigenvalue weighted by Crippen LogP contribution is 2.26. The second kappa shape index (κ2) is 7.88. The molecule has 0 spiro atoms. The zero-order chi connectivity index (χ0) is 16.8. The van der Waals surface area contributed by atoms with Crippen molar-refractivity contribution in [3.63, 3.8) is 0 Å². The Bertz CT molecular complexity index is 670. The van der Waals surface area contributed by atoms with Gasteiger partial charge < -0.3 is 15.5 Å². The van der Waals surface area contributed by atoms with Gasteiger partial charge in [0.05, 0.1) is 0 Å². The van der Waals surface area contributed by atoms with Crippen LogP contribution >= 0.6 is 11.6 Å². The van der Waals surface area contributed by atoms with Gasteiger partial charge in [-0.25, -0.2) is 0 Å². The van der Waals surface area contributed by atoms with Crippen molar-refractivity contribution < 1.29 is 15.0 Å². The second-order valence-electron chi connectivity index (χ2n) is 5.60. The summed E-state index contributed by atoms with van der Waals surface area (Å²) in [6.07, 6.45) is 1.25. The van der Waals surface area contributed by atoms with Crippen LogP contribution in [0, 0.1) is 5.92 Å². The molecule has 2 rings (SSSR count). The lowest BCUT2D eigenvalue weighted by Gasteiger charge is -2.13. The number of carbonyl (C=O) groups excluding carboxylic acids is 1. The van der Waals surface area contributed by atoms with Crippen molar-refractivity contribution in [1.29, 1.82) is 0 Å². The van der Waals surface area contributed by atoms with Gasteiger partial charge in [-0.1, -0.05) is 36.7 Å². The lowest BCUT2D eigenvalue weighted by Crippen LogP contribution is -2.31. The number of phenolic OH excluding ortho intramolecular Hbond substituents is 2. The molecule has 122 valence electrons. The number of rotatable bonds is 6. The number of aromatic hydroxyl groups is 2. The lowest BCUT2D eigenvalue weighted by atomic mass is 10.00. The van der Waals surface area contributed by atoms with Gasteiger partial charge in [0.15, 0.2) is 11.5 Å². The summed E-state index contributed by atoms with van der Waals surface area (Å²) >= 11 is 5.83. The minimum Gasteiger partial charge on any atom is -0.504 e. The smallest absolute Gasteiger partial charge is 0.223 e. The second-order valence-corrected chi connectivity index (χ2v) is 6.03. The van der Waals surface area contributed by atoms with Crippen LogP contribution < -0.4 is 5.32 Å². The van der Waals surface area contributed by atoms with Gasteiger partial charge in [-0.2, -0.15) is 0 Å². The maximum absolute atomic E-state index is 12.1. The predicted molar refractivity (Wildman–Crippen MR) is 90.8 cm³/mol. The summed E-state index contributed by atoms with van der Waals surface area (Å²) in [5.74, 6) is -0.581. The molecule has 1 amide bonds. The molecule has 1 unspecified atom stereocenters. The van der Waals surface area contributed by atoms with Crippen molar-refractivity contribution >= 4 is 17.5 Å². The highest BCUT2D eigenvalue weighted by Gasteiger charge is 2.14. The molecule has 4 nitrogen and oxygen atoms in total. The van der Waals surface area contributed by atoms with E-state index in [1.165, 1.54) is 12.1 Å². The van der Waals surface area contributed by atoms with Gasteiger partial charge in [0, 0.05) is 17.5 Å². The van der Waals surface area contributed by atoms with Gasteiger partial charge in [0.2, 0.25) is 5.91 Å². The van der Waals surface area contributed by atoms with Crippen LogP contribution in [0.3, 0.4) is 0 Å². The Morgan fingerprint density at radius 1 is 1.09 bits per heavy atom. The predicted octanol–water partition coefficient (Wildman–Crippen LogP) is 3.29. The highest BCUT2D eigenvalue weighted by atomic mass is 35.5. The minimum absolute atomic E-state index is 0.0356. The molecule has 0 bridgehead atoms. The van der Waals surface area contributed by atoms with Crippen molar-refractivity contribution in [3.8, 4) is 11.5 Å². The third-order valence-electron chi connectivity index (χ3n) is 3.66. The third kappa shape index (κ3) is 5.18. The van der Waals surface area contributed by atoms with E-state index in [1.807, 2.05) is 31.2 Å². The van der Waals surface area contributed by atoms with E-state index in [0.717, 1.165) is 17.5 Å². The molecule has 0 fully saturated rings. The molecule has 5 heteroatoms. The Morgan fingerprint density at radius 2 is 1.74 bits per heavy atom. The Morgan fingerprint density at radius 3 is 2.39 bits per heavy atom. The quantitative estimate of drug-likeness (QED) is 0.710. The monoisotopic (exact) mass is 333 g/mol. The van der Waals surface area contributed by atoms with Gasteiger partial charge in [-0.3, -0.25) is 4.79 Å². The number of phenols is 2. The van der Waals surface area contributed by atoms with Crippen molar-refractivity contribution in [2.75, 3.05) is 6.54 Å². The van der Waals surface area contributed by atoms with Crippen molar-refractivity contribution in [3.05, 3.63) is 58.6 Å². The van der Waals surface area contributed by atoms with E-state index >= 15 is 0 Å². The van der Waals surface area contributed by atoms with Gasteiger partial charge in [0.25, 0.3) is 0 Å². The first-order valence-corrected chi connectivity index (χ1v) is 7.86. The van der Waals surface area contributed by atoms with Gasteiger partial charge in [-0.15, -0.1) is 0 Å². The molecule has 2 aromatic carbocycles. The van der Waals surface area contributed by atoms with Crippen LogP contribution in [0.4, 0.5) is 0 Å². The first-order valence-electron chi connectivity index (χ1n) is 7.48. The normalized spacial score (nSPS) is 11.9. The van der Waals surface area contributed by atoms with Gasteiger partial charge >= 0.3 is 0 Å². The van der Waals surface area contributed by atoms with Crippen molar-refractivity contribution in [2.24, 2.45) is 5.92 Å². The number of hydrogen-bond donors (Lipinski definition) is 3. The molecule has 0 saturated carbocycles. The third-order valence-corrected chi connectivity index (χ3v) is 3.91. The highest BCUT2D eigenvalue weighted by molar-refractivity contribution is 6.30. The van der Waals surface area contributed by atoms with Crippen LogP contribution in [0.1, 0.15) is 18.1 Å². The first-order chi connectivity index (χ1) is 11.0. The van der Waals surface area contributed by atoms with Crippen molar-refractivity contribution in [1.82, 2.24) is 5.32 Å². The summed E-state index contributed by atoms with van der Waals surface area (Å²) in [5, 5.41) is 22.4. The number of carbonyl (C=O) groups is 1. The van der Waals surface area contributed by atoms with Crippen LogP contribution in [0.2, 0.25) is 5.02 Å². The van der Waals surface area contributed by atoms with Crippen LogP contribution in [-0.4, -0.2) is 22.7 Å². The Labute approximate surface area is 140 Å². The Hall–Kier alpha value is -2.20. The largest absolute Gasteiger partial charge is 0.504 e. The van der Waals surface area contributed by atoms with Gasteiger partial charge in [0.1, 0.15) is 0 Å².